The Morgan fingerprint density at radius 1 is 1.00 bits per heavy atom. The van der Waals surface area contributed by atoms with Gasteiger partial charge in [0.1, 0.15) is 0 Å². The van der Waals surface area contributed by atoms with Crippen LogP contribution in [0.4, 0.5) is 0 Å². The number of hydrogen-bond acceptors (Lipinski definition) is 2. The monoisotopic (exact) mass is 185 g/mol. The fourth-order valence-corrected chi connectivity index (χ4v) is 2.42. The first-order valence-electron chi connectivity index (χ1n) is 4.16. The van der Waals surface area contributed by atoms with Crippen molar-refractivity contribution < 1.29 is 0 Å². The van der Waals surface area contributed by atoms with Crippen LogP contribution >= 0.6 is 11.3 Å². The summed E-state index contributed by atoms with van der Waals surface area (Å²) in [7, 11) is 0. The third kappa shape index (κ3) is 0.956. The second-order valence-electron chi connectivity index (χ2n) is 2.99. The molecule has 0 amide bonds. The van der Waals surface area contributed by atoms with Gasteiger partial charge in [-0.1, -0.05) is 30.3 Å². The molecular formula is C11H7NS. The summed E-state index contributed by atoms with van der Waals surface area (Å²) >= 11 is 1.71. The number of thiazole rings is 1. The highest BCUT2D eigenvalue weighted by atomic mass is 32.1. The van der Waals surface area contributed by atoms with Crippen LogP contribution in [-0.2, 0) is 0 Å². The van der Waals surface area contributed by atoms with Crippen LogP contribution in [0, 0.1) is 0 Å². The maximum Gasteiger partial charge on any atom is 0.0818 e. The molecule has 0 aliphatic carbocycles. The van der Waals surface area contributed by atoms with Crippen molar-refractivity contribution in [2.45, 2.75) is 0 Å². The van der Waals surface area contributed by atoms with Gasteiger partial charge in [-0.05, 0) is 11.5 Å². The van der Waals surface area contributed by atoms with Gasteiger partial charge in [0.2, 0.25) is 0 Å². The molecule has 0 saturated carbocycles. The molecule has 0 aliphatic rings. The zero-order valence-electron chi connectivity index (χ0n) is 6.90. The Hall–Kier alpha value is -1.41. The van der Waals surface area contributed by atoms with Crippen molar-refractivity contribution in [2.24, 2.45) is 0 Å². The molecule has 0 radical (unpaired) electrons. The zero-order chi connectivity index (χ0) is 8.67. The summed E-state index contributed by atoms with van der Waals surface area (Å²) in [6.45, 7) is 0. The quantitative estimate of drug-likeness (QED) is 0.522. The summed E-state index contributed by atoms with van der Waals surface area (Å²) in [6, 6.07) is 12.6. The number of benzene rings is 2. The van der Waals surface area contributed by atoms with E-state index in [9.17, 15) is 0 Å². The average molecular weight is 185 g/mol. The van der Waals surface area contributed by atoms with Crippen molar-refractivity contribution in [2.75, 3.05) is 0 Å². The molecule has 2 heteroatoms. The van der Waals surface area contributed by atoms with Gasteiger partial charge in [-0.25, -0.2) is 4.98 Å². The number of fused-ring (bicyclic) bond motifs is 3. The van der Waals surface area contributed by atoms with Crippen molar-refractivity contribution >= 4 is 32.3 Å². The average Bonchev–Trinajstić information content (AvgIpc) is 2.65. The van der Waals surface area contributed by atoms with Crippen LogP contribution in [-0.4, -0.2) is 4.98 Å². The van der Waals surface area contributed by atoms with E-state index in [1.807, 2.05) is 5.51 Å². The van der Waals surface area contributed by atoms with Crippen molar-refractivity contribution in [3.8, 4) is 0 Å². The number of rotatable bonds is 0. The minimum Gasteiger partial charge on any atom is -0.245 e. The Labute approximate surface area is 79.7 Å². The van der Waals surface area contributed by atoms with Gasteiger partial charge in [0.25, 0.3) is 0 Å². The summed E-state index contributed by atoms with van der Waals surface area (Å²) in [5.41, 5.74) is 3.00. The molecule has 62 valence electrons. The first-order chi connectivity index (χ1) is 6.45. The molecule has 3 aromatic rings. The molecule has 0 saturated heterocycles. The lowest BCUT2D eigenvalue weighted by atomic mass is 10.1. The fourth-order valence-electron chi connectivity index (χ4n) is 1.59. The first-order valence-corrected chi connectivity index (χ1v) is 5.04. The van der Waals surface area contributed by atoms with Gasteiger partial charge in [-0.15, -0.1) is 11.3 Å². The van der Waals surface area contributed by atoms with E-state index < -0.39 is 0 Å². The molecule has 0 spiro atoms. The lowest BCUT2D eigenvalue weighted by Gasteiger charge is -1.96. The van der Waals surface area contributed by atoms with Crippen LogP contribution < -0.4 is 0 Å². The zero-order valence-corrected chi connectivity index (χ0v) is 7.71. The molecule has 1 aromatic heterocycles. The Balaban J connectivity index is 2.65. The van der Waals surface area contributed by atoms with E-state index in [1.54, 1.807) is 11.3 Å². The Kier molecular flexibility index (Phi) is 1.37. The molecule has 0 bridgehead atoms. The number of aromatic nitrogens is 1. The van der Waals surface area contributed by atoms with Gasteiger partial charge in [0.15, 0.2) is 0 Å². The molecule has 0 N–H and O–H groups in total. The molecule has 1 heterocycles. The van der Waals surface area contributed by atoms with E-state index in [4.69, 9.17) is 0 Å². The van der Waals surface area contributed by atoms with Crippen LogP contribution in [0.25, 0.3) is 21.0 Å². The summed E-state index contributed by atoms with van der Waals surface area (Å²) in [6.07, 6.45) is 0. The summed E-state index contributed by atoms with van der Waals surface area (Å²) in [5, 5.41) is 2.60. The van der Waals surface area contributed by atoms with Gasteiger partial charge < -0.3 is 0 Å². The third-order valence-corrected chi connectivity index (χ3v) is 3.10. The van der Waals surface area contributed by atoms with Gasteiger partial charge >= 0.3 is 0 Å². The molecule has 1 nitrogen and oxygen atoms in total. The van der Waals surface area contributed by atoms with E-state index in [0.717, 1.165) is 5.52 Å². The first kappa shape index (κ1) is 7.04. The van der Waals surface area contributed by atoms with E-state index in [0.29, 0.717) is 0 Å². The van der Waals surface area contributed by atoms with Crippen LogP contribution in [0.1, 0.15) is 0 Å². The van der Waals surface area contributed by atoms with E-state index in [2.05, 4.69) is 41.4 Å². The maximum absolute atomic E-state index is 4.29. The van der Waals surface area contributed by atoms with Crippen LogP contribution in [0.15, 0.2) is 41.9 Å². The molecule has 0 fully saturated rings. The van der Waals surface area contributed by atoms with E-state index in [-0.39, 0.29) is 0 Å². The molecule has 2 aromatic carbocycles. The SMILES string of the molecule is c1ccc2c(c1)ccc1ncsc12. The maximum atomic E-state index is 4.29. The molecule has 0 aliphatic heterocycles. The van der Waals surface area contributed by atoms with Crippen LogP contribution in [0.2, 0.25) is 0 Å². The van der Waals surface area contributed by atoms with Crippen molar-refractivity contribution in [3.63, 3.8) is 0 Å². The largest absolute Gasteiger partial charge is 0.245 e. The molecule has 3 rings (SSSR count). The van der Waals surface area contributed by atoms with Crippen molar-refractivity contribution in [3.05, 3.63) is 41.9 Å². The lowest BCUT2D eigenvalue weighted by molar-refractivity contribution is 1.51. The molecule has 0 unspecified atom stereocenters. The topological polar surface area (TPSA) is 12.9 Å². The predicted molar refractivity (Wildman–Crippen MR) is 57.1 cm³/mol. The minimum atomic E-state index is 1.10. The van der Waals surface area contributed by atoms with Gasteiger partial charge in [-0.2, -0.15) is 0 Å². The van der Waals surface area contributed by atoms with E-state index in [1.165, 1.54) is 15.5 Å². The highest BCUT2D eigenvalue weighted by molar-refractivity contribution is 7.17. The standard InChI is InChI=1S/C11H7NS/c1-2-4-9-8(3-1)5-6-10-11(9)13-7-12-10/h1-7H. The molecule has 0 atom stereocenters. The smallest absolute Gasteiger partial charge is 0.0818 e. The summed E-state index contributed by atoms with van der Waals surface area (Å²) in [5.74, 6) is 0. The molecular weight excluding hydrogens is 178 g/mol. The summed E-state index contributed by atoms with van der Waals surface area (Å²) < 4.78 is 1.29. The Morgan fingerprint density at radius 2 is 1.92 bits per heavy atom. The van der Waals surface area contributed by atoms with Crippen LogP contribution in [0.3, 0.4) is 0 Å². The van der Waals surface area contributed by atoms with Gasteiger partial charge in [0.05, 0.1) is 15.7 Å². The Morgan fingerprint density at radius 3 is 2.92 bits per heavy atom. The Bertz CT molecular complexity index is 568. The second-order valence-corrected chi connectivity index (χ2v) is 3.84. The minimum absolute atomic E-state index is 1.10. The normalized spacial score (nSPS) is 11.1. The predicted octanol–water partition coefficient (Wildman–Crippen LogP) is 3.45. The summed E-state index contributed by atoms with van der Waals surface area (Å²) in [4.78, 5) is 4.29. The number of nitrogens with zero attached hydrogens (tertiary/aromatic N) is 1. The lowest BCUT2D eigenvalue weighted by Crippen LogP contribution is -1.72. The van der Waals surface area contributed by atoms with Crippen LogP contribution in [0.5, 0.6) is 0 Å². The third-order valence-electron chi connectivity index (χ3n) is 2.22. The fraction of sp³-hybridized carbons (Fsp3) is 0. The highest BCUT2D eigenvalue weighted by Crippen LogP contribution is 2.27. The van der Waals surface area contributed by atoms with Crippen molar-refractivity contribution in [1.82, 2.24) is 4.98 Å². The van der Waals surface area contributed by atoms with Crippen molar-refractivity contribution in [1.29, 1.82) is 0 Å². The van der Waals surface area contributed by atoms with E-state index >= 15 is 0 Å². The van der Waals surface area contributed by atoms with Gasteiger partial charge in [-0.3, -0.25) is 0 Å². The van der Waals surface area contributed by atoms with Gasteiger partial charge in [0, 0.05) is 5.39 Å². The number of hydrogen-bond donors (Lipinski definition) is 0. The molecule has 13 heavy (non-hydrogen) atoms. The second kappa shape index (κ2) is 2.54. The highest BCUT2D eigenvalue weighted by Gasteiger charge is 2.00.